The first-order valence-corrected chi connectivity index (χ1v) is 6.96. The van der Waals surface area contributed by atoms with Gasteiger partial charge in [-0.1, -0.05) is 20.3 Å². The smallest absolute Gasteiger partial charge is 0.309 e. The number of aryl methyl sites for hydroxylation is 1. The van der Waals surface area contributed by atoms with Crippen molar-refractivity contribution < 1.29 is 9.53 Å². The van der Waals surface area contributed by atoms with Crippen molar-refractivity contribution >= 4 is 5.97 Å². The van der Waals surface area contributed by atoms with Crippen LogP contribution < -0.4 is 0 Å². The lowest BCUT2D eigenvalue weighted by atomic mass is 9.61. The first kappa shape index (κ1) is 14.0. The molecule has 1 aromatic heterocycles. The third kappa shape index (κ3) is 2.96. The number of hydrogen-bond donors (Lipinski definition) is 0. The molecule has 1 aromatic rings. The van der Waals surface area contributed by atoms with E-state index in [1.807, 2.05) is 4.68 Å². The van der Waals surface area contributed by atoms with Crippen LogP contribution in [0.2, 0.25) is 0 Å². The molecular formula is C14H23N3O2. The Morgan fingerprint density at radius 1 is 1.47 bits per heavy atom. The standard InChI is InChI=1S/C14H23N3O2/c1-14(2)11(7-8-17-10-15-9-16-17)5-4-6-12(14)13(18)19-3/h9-12H,4-8H2,1-3H3. The van der Waals surface area contributed by atoms with Crippen LogP contribution in [0, 0.1) is 17.3 Å². The highest BCUT2D eigenvalue weighted by molar-refractivity contribution is 5.73. The highest BCUT2D eigenvalue weighted by atomic mass is 16.5. The summed E-state index contributed by atoms with van der Waals surface area (Å²) in [5, 5.41) is 4.13. The summed E-state index contributed by atoms with van der Waals surface area (Å²) >= 11 is 0. The van der Waals surface area contributed by atoms with Gasteiger partial charge in [0.1, 0.15) is 12.7 Å². The first-order chi connectivity index (χ1) is 9.05. The Hall–Kier alpha value is -1.39. The normalized spacial score (nSPS) is 26.1. The zero-order valence-electron chi connectivity index (χ0n) is 12.0. The predicted octanol–water partition coefficient (Wildman–Crippen LogP) is 2.28. The molecule has 5 nitrogen and oxygen atoms in total. The minimum Gasteiger partial charge on any atom is -0.469 e. The molecule has 1 saturated carbocycles. The largest absolute Gasteiger partial charge is 0.469 e. The lowest BCUT2D eigenvalue weighted by molar-refractivity contribution is -0.153. The molecule has 2 unspecified atom stereocenters. The molecule has 0 saturated heterocycles. The van der Waals surface area contributed by atoms with E-state index < -0.39 is 0 Å². The molecule has 0 bridgehead atoms. The number of carbonyl (C=O) groups is 1. The van der Waals surface area contributed by atoms with E-state index in [2.05, 4.69) is 23.9 Å². The summed E-state index contributed by atoms with van der Waals surface area (Å²) in [4.78, 5) is 15.9. The third-order valence-corrected chi connectivity index (χ3v) is 4.65. The highest BCUT2D eigenvalue weighted by Crippen LogP contribution is 2.47. The van der Waals surface area contributed by atoms with Gasteiger partial charge in [0.15, 0.2) is 0 Å². The Morgan fingerprint density at radius 3 is 2.89 bits per heavy atom. The monoisotopic (exact) mass is 265 g/mol. The molecule has 1 aliphatic carbocycles. The van der Waals surface area contributed by atoms with Gasteiger partial charge in [-0.25, -0.2) is 4.98 Å². The fourth-order valence-electron chi connectivity index (χ4n) is 3.31. The average molecular weight is 265 g/mol. The van der Waals surface area contributed by atoms with Crippen LogP contribution in [0.4, 0.5) is 0 Å². The molecule has 106 valence electrons. The molecule has 0 aromatic carbocycles. The first-order valence-electron chi connectivity index (χ1n) is 6.96. The second-order valence-corrected chi connectivity index (χ2v) is 5.97. The van der Waals surface area contributed by atoms with E-state index in [1.165, 1.54) is 13.5 Å². The van der Waals surface area contributed by atoms with E-state index in [9.17, 15) is 4.79 Å². The maximum atomic E-state index is 11.9. The van der Waals surface area contributed by atoms with Crippen LogP contribution in [-0.4, -0.2) is 27.8 Å². The number of methoxy groups -OCH3 is 1. The van der Waals surface area contributed by atoms with Crippen LogP contribution in [-0.2, 0) is 16.1 Å². The molecule has 0 amide bonds. The van der Waals surface area contributed by atoms with Gasteiger partial charge in [0, 0.05) is 6.54 Å². The lowest BCUT2D eigenvalue weighted by Crippen LogP contribution is -2.41. The fraction of sp³-hybridized carbons (Fsp3) is 0.786. The molecule has 1 aliphatic rings. The van der Waals surface area contributed by atoms with E-state index in [0.717, 1.165) is 25.8 Å². The molecule has 1 heterocycles. The van der Waals surface area contributed by atoms with Gasteiger partial charge in [0.25, 0.3) is 0 Å². The number of carbonyl (C=O) groups excluding carboxylic acids is 1. The summed E-state index contributed by atoms with van der Waals surface area (Å²) in [6, 6.07) is 0. The SMILES string of the molecule is COC(=O)C1CCCC(CCn2cncn2)C1(C)C. The van der Waals surface area contributed by atoms with Crippen molar-refractivity contribution in [2.24, 2.45) is 17.3 Å². The Morgan fingerprint density at radius 2 is 2.26 bits per heavy atom. The molecule has 0 radical (unpaired) electrons. The fourth-order valence-corrected chi connectivity index (χ4v) is 3.31. The van der Waals surface area contributed by atoms with Crippen LogP contribution >= 0.6 is 0 Å². The molecule has 2 rings (SSSR count). The minimum atomic E-state index is -0.0598. The van der Waals surface area contributed by atoms with Crippen molar-refractivity contribution in [1.29, 1.82) is 0 Å². The Balaban J connectivity index is 2.01. The van der Waals surface area contributed by atoms with Crippen molar-refractivity contribution in [3.8, 4) is 0 Å². The van der Waals surface area contributed by atoms with Crippen molar-refractivity contribution in [3.63, 3.8) is 0 Å². The Labute approximate surface area is 114 Å². The zero-order chi connectivity index (χ0) is 13.9. The lowest BCUT2D eigenvalue weighted by Gasteiger charge is -2.43. The van der Waals surface area contributed by atoms with E-state index in [-0.39, 0.29) is 17.3 Å². The van der Waals surface area contributed by atoms with E-state index in [1.54, 1.807) is 12.7 Å². The van der Waals surface area contributed by atoms with Crippen molar-refractivity contribution in [3.05, 3.63) is 12.7 Å². The van der Waals surface area contributed by atoms with Crippen LogP contribution in [0.25, 0.3) is 0 Å². The van der Waals surface area contributed by atoms with Gasteiger partial charge in [-0.05, 0) is 30.6 Å². The summed E-state index contributed by atoms with van der Waals surface area (Å²) in [5.74, 6) is 0.483. The topological polar surface area (TPSA) is 57.0 Å². The summed E-state index contributed by atoms with van der Waals surface area (Å²) in [6.07, 6.45) is 7.56. The van der Waals surface area contributed by atoms with Crippen LogP contribution in [0.5, 0.6) is 0 Å². The van der Waals surface area contributed by atoms with Crippen molar-refractivity contribution in [1.82, 2.24) is 14.8 Å². The summed E-state index contributed by atoms with van der Waals surface area (Å²) in [5.41, 5.74) is -0.00801. The van der Waals surface area contributed by atoms with Crippen molar-refractivity contribution in [2.75, 3.05) is 7.11 Å². The van der Waals surface area contributed by atoms with E-state index in [0.29, 0.717) is 5.92 Å². The van der Waals surface area contributed by atoms with Crippen LogP contribution in [0.3, 0.4) is 0 Å². The number of hydrogen-bond acceptors (Lipinski definition) is 4. The van der Waals surface area contributed by atoms with Gasteiger partial charge < -0.3 is 4.74 Å². The van der Waals surface area contributed by atoms with Gasteiger partial charge in [0.2, 0.25) is 0 Å². The summed E-state index contributed by atoms with van der Waals surface area (Å²) < 4.78 is 6.82. The third-order valence-electron chi connectivity index (χ3n) is 4.65. The molecule has 2 atom stereocenters. The van der Waals surface area contributed by atoms with Crippen molar-refractivity contribution in [2.45, 2.75) is 46.1 Å². The molecule has 19 heavy (non-hydrogen) atoms. The predicted molar refractivity (Wildman–Crippen MR) is 71.3 cm³/mol. The van der Waals surface area contributed by atoms with Gasteiger partial charge >= 0.3 is 5.97 Å². The number of ether oxygens (including phenoxy) is 1. The number of esters is 1. The second-order valence-electron chi connectivity index (χ2n) is 5.97. The van der Waals surface area contributed by atoms with Crippen LogP contribution in [0.15, 0.2) is 12.7 Å². The zero-order valence-corrected chi connectivity index (χ0v) is 12.0. The molecule has 1 fully saturated rings. The summed E-state index contributed by atoms with van der Waals surface area (Å²) in [7, 11) is 1.48. The van der Waals surface area contributed by atoms with E-state index in [4.69, 9.17) is 4.74 Å². The molecule has 0 spiro atoms. The minimum absolute atomic E-state index is 0.00801. The van der Waals surface area contributed by atoms with Gasteiger partial charge in [-0.2, -0.15) is 5.10 Å². The number of aromatic nitrogens is 3. The Kier molecular flexibility index (Phi) is 4.22. The van der Waals surface area contributed by atoms with Gasteiger partial charge in [-0.3, -0.25) is 9.48 Å². The second kappa shape index (κ2) is 5.72. The van der Waals surface area contributed by atoms with Gasteiger partial charge in [0.05, 0.1) is 13.0 Å². The number of nitrogens with zero attached hydrogens (tertiary/aromatic N) is 3. The molecule has 5 heteroatoms. The maximum absolute atomic E-state index is 11.9. The van der Waals surface area contributed by atoms with Crippen LogP contribution in [0.1, 0.15) is 39.5 Å². The van der Waals surface area contributed by atoms with E-state index >= 15 is 0 Å². The quantitative estimate of drug-likeness (QED) is 0.784. The molecular weight excluding hydrogens is 242 g/mol. The average Bonchev–Trinajstić information content (AvgIpc) is 2.89. The summed E-state index contributed by atoms with van der Waals surface area (Å²) in [6.45, 7) is 5.25. The highest BCUT2D eigenvalue weighted by Gasteiger charge is 2.44. The Bertz CT molecular complexity index is 414. The van der Waals surface area contributed by atoms with Gasteiger partial charge in [-0.15, -0.1) is 0 Å². The number of rotatable bonds is 4. The maximum Gasteiger partial charge on any atom is 0.309 e. The molecule has 0 aliphatic heterocycles. The molecule has 0 N–H and O–H groups in total.